The van der Waals surface area contributed by atoms with Crippen LogP contribution in [0.4, 0.5) is 17.2 Å². The fraction of sp³-hybridized carbons (Fsp3) is 0.0435. The molecule has 164 valence electrons. The molecule has 0 unspecified atom stereocenters. The quantitative estimate of drug-likeness (QED) is 0.283. The second-order valence-corrected chi connectivity index (χ2v) is 7.34. The minimum atomic E-state index is -0.595. The number of carbonyl (C=O) groups is 2. The number of hydrogen-bond acceptors (Lipinski definition) is 6. The Balaban J connectivity index is 1.80. The highest BCUT2D eigenvalue weighted by atomic mass is 31.0. The Morgan fingerprint density at radius 1 is 1.12 bits per heavy atom. The van der Waals surface area contributed by atoms with Crippen LogP contribution in [0.15, 0.2) is 77.1 Å². The van der Waals surface area contributed by atoms with E-state index in [4.69, 9.17) is 5.73 Å². The molecule has 9 nitrogen and oxygen atoms in total. The van der Waals surface area contributed by atoms with Crippen LogP contribution in [-0.4, -0.2) is 32.5 Å². The van der Waals surface area contributed by atoms with Gasteiger partial charge in [0.25, 0.3) is 5.91 Å². The topological polar surface area (TPSA) is 135 Å². The van der Waals surface area contributed by atoms with Crippen LogP contribution in [0, 0.1) is 0 Å². The van der Waals surface area contributed by atoms with Gasteiger partial charge in [-0.1, -0.05) is 42.5 Å². The molecule has 0 aliphatic carbocycles. The van der Waals surface area contributed by atoms with Crippen molar-refractivity contribution < 1.29 is 14.7 Å². The summed E-state index contributed by atoms with van der Waals surface area (Å²) in [5.41, 5.74) is 6.59. The molecule has 4 N–H and O–H groups in total. The molecule has 0 saturated carbocycles. The van der Waals surface area contributed by atoms with Crippen LogP contribution in [0.3, 0.4) is 0 Å². The third-order valence-corrected chi connectivity index (χ3v) is 5.13. The zero-order chi connectivity index (χ0) is 23.4. The van der Waals surface area contributed by atoms with Crippen molar-refractivity contribution in [2.24, 2.45) is 16.0 Å². The molecule has 0 aliphatic heterocycles. The first-order chi connectivity index (χ1) is 16.0. The summed E-state index contributed by atoms with van der Waals surface area (Å²) in [6.45, 7) is -0.194. The Morgan fingerprint density at radius 2 is 1.85 bits per heavy atom. The number of rotatable bonds is 7. The summed E-state index contributed by atoms with van der Waals surface area (Å²) in [4.78, 5) is 24.3. The molecule has 4 aromatic rings. The number of aromatic hydroxyl groups is 1. The zero-order valence-corrected chi connectivity index (χ0v) is 18.3. The Morgan fingerprint density at radius 3 is 2.58 bits per heavy atom. The molecule has 10 heteroatoms. The number of nitrogens with two attached hydrogens (primary N) is 1. The Bertz CT molecular complexity index is 1400. The molecule has 0 atom stereocenters. The van der Waals surface area contributed by atoms with Gasteiger partial charge in [0.05, 0.1) is 11.8 Å². The molecule has 33 heavy (non-hydrogen) atoms. The van der Waals surface area contributed by atoms with Crippen LogP contribution in [0.25, 0.3) is 10.8 Å². The number of anilines is 1. The molecule has 0 aliphatic rings. The first-order valence-corrected chi connectivity index (χ1v) is 10.4. The third-order valence-electron chi connectivity index (χ3n) is 4.82. The summed E-state index contributed by atoms with van der Waals surface area (Å²) < 4.78 is 1.29. The third kappa shape index (κ3) is 4.63. The van der Waals surface area contributed by atoms with Gasteiger partial charge in [0, 0.05) is 16.6 Å². The molecular weight excluding hydrogens is 439 g/mol. The lowest BCUT2D eigenvalue weighted by Gasteiger charge is -2.11. The normalized spacial score (nSPS) is 11.0. The summed E-state index contributed by atoms with van der Waals surface area (Å²) in [6.07, 6.45) is 1.49. The van der Waals surface area contributed by atoms with Gasteiger partial charge in [-0.25, -0.2) is 4.68 Å². The van der Waals surface area contributed by atoms with Gasteiger partial charge in [0.1, 0.15) is 12.2 Å². The predicted octanol–water partition coefficient (Wildman–Crippen LogP) is 4.19. The van der Waals surface area contributed by atoms with Gasteiger partial charge in [-0.2, -0.15) is 5.10 Å². The molecule has 1 heterocycles. The van der Waals surface area contributed by atoms with E-state index in [2.05, 4.69) is 29.5 Å². The van der Waals surface area contributed by atoms with Crippen molar-refractivity contribution in [3.05, 3.63) is 78.0 Å². The molecule has 0 bridgehead atoms. The average molecular weight is 458 g/mol. The van der Waals surface area contributed by atoms with Crippen molar-refractivity contribution >= 4 is 54.4 Å². The monoisotopic (exact) mass is 458 g/mol. The smallest absolute Gasteiger partial charge is 0.259 e. The molecule has 0 radical (unpaired) electrons. The SMILES string of the molecule is NC(=O)Cn1ncc(C=P)c1/N=N/c1c(O)c(C(=O)Nc2ccccc2)cc2ccccc12. The van der Waals surface area contributed by atoms with E-state index in [1.54, 1.807) is 48.3 Å². The fourth-order valence-electron chi connectivity index (χ4n) is 3.28. The average Bonchev–Trinajstić information content (AvgIpc) is 3.19. The number of aromatic nitrogens is 2. The maximum Gasteiger partial charge on any atom is 0.259 e. The van der Waals surface area contributed by atoms with Crippen LogP contribution in [-0.2, 0) is 11.3 Å². The van der Waals surface area contributed by atoms with Crippen LogP contribution < -0.4 is 11.1 Å². The van der Waals surface area contributed by atoms with E-state index in [0.717, 1.165) is 0 Å². The van der Waals surface area contributed by atoms with Gasteiger partial charge in [-0.05, 0) is 29.4 Å². The molecule has 0 saturated heterocycles. The molecule has 1 aromatic heterocycles. The van der Waals surface area contributed by atoms with Crippen molar-refractivity contribution in [3.8, 4) is 5.75 Å². The minimum Gasteiger partial charge on any atom is -0.505 e. The largest absolute Gasteiger partial charge is 0.505 e. The maximum atomic E-state index is 12.9. The number of azo groups is 1. The summed E-state index contributed by atoms with van der Waals surface area (Å²) in [7, 11) is 3.29. The Kier molecular flexibility index (Phi) is 6.24. The number of para-hydroxylation sites is 1. The lowest BCUT2D eigenvalue weighted by atomic mass is 10.0. The molecule has 0 fully saturated rings. The highest BCUT2D eigenvalue weighted by Gasteiger charge is 2.19. The van der Waals surface area contributed by atoms with E-state index < -0.39 is 11.8 Å². The van der Waals surface area contributed by atoms with Crippen LogP contribution in [0.2, 0.25) is 0 Å². The van der Waals surface area contributed by atoms with Crippen molar-refractivity contribution in [1.29, 1.82) is 0 Å². The van der Waals surface area contributed by atoms with E-state index in [0.29, 0.717) is 22.0 Å². The molecular formula is C23H19N6O3P. The van der Waals surface area contributed by atoms with Crippen LogP contribution >= 0.6 is 8.86 Å². The number of phenolic OH excluding ortho intramolecular Hbond substituents is 1. The first kappa shape index (κ1) is 21.9. The summed E-state index contributed by atoms with van der Waals surface area (Å²) in [5.74, 6) is 0.416. The van der Waals surface area contributed by atoms with Gasteiger partial charge >= 0.3 is 0 Å². The van der Waals surface area contributed by atoms with Crippen LogP contribution in [0.1, 0.15) is 15.9 Å². The number of fused-ring (bicyclic) bond motifs is 1. The lowest BCUT2D eigenvalue weighted by Crippen LogP contribution is -2.19. The van der Waals surface area contributed by atoms with Crippen molar-refractivity contribution in [3.63, 3.8) is 0 Å². The van der Waals surface area contributed by atoms with Crippen LogP contribution in [0.5, 0.6) is 5.75 Å². The Hall–Kier alpha value is -4.36. The number of primary amides is 1. The predicted molar refractivity (Wildman–Crippen MR) is 129 cm³/mol. The molecule has 4 rings (SSSR count). The summed E-state index contributed by atoms with van der Waals surface area (Å²) in [5, 5.41) is 27.6. The number of nitrogens with zero attached hydrogens (tertiary/aromatic N) is 4. The minimum absolute atomic E-state index is 0.0454. The van der Waals surface area contributed by atoms with Crippen molar-refractivity contribution in [2.75, 3.05) is 5.32 Å². The van der Waals surface area contributed by atoms with Gasteiger partial charge in [0.15, 0.2) is 11.6 Å². The second kappa shape index (κ2) is 9.42. The van der Waals surface area contributed by atoms with Crippen molar-refractivity contribution in [1.82, 2.24) is 9.78 Å². The van der Waals surface area contributed by atoms with E-state index in [9.17, 15) is 14.7 Å². The second-order valence-electron chi connectivity index (χ2n) is 7.05. The zero-order valence-electron chi connectivity index (χ0n) is 17.3. The van der Waals surface area contributed by atoms with Crippen molar-refractivity contribution in [2.45, 2.75) is 6.54 Å². The van der Waals surface area contributed by atoms with Gasteiger partial charge < -0.3 is 16.2 Å². The number of phenols is 1. The van der Waals surface area contributed by atoms with Gasteiger partial charge in [0.2, 0.25) is 5.91 Å². The number of nitrogens with one attached hydrogen (secondary N) is 1. The number of amides is 2. The molecule has 3 aromatic carbocycles. The summed E-state index contributed by atoms with van der Waals surface area (Å²) >= 11 is 0. The van der Waals surface area contributed by atoms with E-state index in [1.807, 2.05) is 18.2 Å². The molecule has 0 spiro atoms. The number of benzene rings is 3. The van der Waals surface area contributed by atoms with E-state index in [1.165, 1.54) is 10.9 Å². The number of carbonyl (C=O) groups excluding carboxylic acids is 2. The van der Waals surface area contributed by atoms with E-state index >= 15 is 0 Å². The first-order valence-electron chi connectivity index (χ1n) is 9.85. The Labute approximate surface area is 190 Å². The number of hydrogen-bond donors (Lipinski definition) is 3. The lowest BCUT2D eigenvalue weighted by molar-refractivity contribution is -0.118. The van der Waals surface area contributed by atoms with E-state index in [-0.39, 0.29) is 29.4 Å². The maximum absolute atomic E-state index is 12.9. The summed E-state index contributed by atoms with van der Waals surface area (Å²) in [6, 6.07) is 17.7. The highest BCUT2D eigenvalue weighted by molar-refractivity contribution is 7.19. The van der Waals surface area contributed by atoms with Gasteiger partial charge in [-0.3, -0.25) is 9.59 Å². The standard InChI is InChI=1S/C23H19N6O3P/c24-19(30)12-29-22(15(13-33)11-25-29)28-27-20-17-9-5-4-6-14(17)10-18(21(20)31)23(32)26-16-7-2-1-3-8-16/h1-11,13,31,33H,12H2,(H2,24,30)(H,26,32)/b28-27+. The van der Waals surface area contributed by atoms with Gasteiger partial charge in [-0.15, -0.1) is 19.1 Å². The fourth-order valence-corrected chi connectivity index (χ4v) is 3.48. The molecule has 2 amide bonds. The highest BCUT2D eigenvalue weighted by Crippen LogP contribution is 2.39.